The van der Waals surface area contributed by atoms with E-state index in [1.807, 2.05) is 0 Å². The molecule has 16 heavy (non-hydrogen) atoms. The summed E-state index contributed by atoms with van der Waals surface area (Å²) in [5.41, 5.74) is 0. The van der Waals surface area contributed by atoms with Crippen LogP contribution >= 0.6 is 11.8 Å². The normalized spacial score (nSPS) is 28.4. The predicted molar refractivity (Wildman–Crippen MR) is 63.3 cm³/mol. The summed E-state index contributed by atoms with van der Waals surface area (Å²) >= 11 is 1.67. The first-order chi connectivity index (χ1) is 7.59. The molecule has 1 saturated heterocycles. The SMILES string of the molecule is CC1CSC(=NCCOCC(F)F)NC1C. The highest BCUT2D eigenvalue weighted by Crippen LogP contribution is 2.18. The highest BCUT2D eigenvalue weighted by molar-refractivity contribution is 8.13. The van der Waals surface area contributed by atoms with Crippen LogP contribution in [0.5, 0.6) is 0 Å². The van der Waals surface area contributed by atoms with Crippen LogP contribution in [0.15, 0.2) is 4.99 Å². The number of halogens is 2. The highest BCUT2D eigenvalue weighted by atomic mass is 32.2. The summed E-state index contributed by atoms with van der Waals surface area (Å²) in [6.45, 7) is 4.49. The summed E-state index contributed by atoms with van der Waals surface area (Å²) in [4.78, 5) is 4.26. The van der Waals surface area contributed by atoms with E-state index in [-0.39, 0.29) is 6.61 Å². The van der Waals surface area contributed by atoms with Crippen LogP contribution in [0.25, 0.3) is 0 Å². The first-order valence-electron chi connectivity index (χ1n) is 5.39. The smallest absolute Gasteiger partial charge is 0.261 e. The molecule has 1 rings (SSSR count). The second-order valence-corrected chi connectivity index (χ2v) is 4.88. The van der Waals surface area contributed by atoms with Crippen molar-refractivity contribution in [1.29, 1.82) is 0 Å². The quantitative estimate of drug-likeness (QED) is 0.760. The van der Waals surface area contributed by atoms with E-state index in [9.17, 15) is 8.78 Å². The van der Waals surface area contributed by atoms with Gasteiger partial charge in [-0.25, -0.2) is 8.78 Å². The minimum Gasteiger partial charge on any atom is -0.374 e. The molecule has 0 aliphatic carbocycles. The molecule has 0 bridgehead atoms. The first-order valence-corrected chi connectivity index (χ1v) is 6.38. The highest BCUT2D eigenvalue weighted by Gasteiger charge is 2.20. The van der Waals surface area contributed by atoms with Gasteiger partial charge < -0.3 is 10.1 Å². The molecule has 0 radical (unpaired) electrons. The molecule has 1 heterocycles. The van der Waals surface area contributed by atoms with E-state index >= 15 is 0 Å². The number of nitrogens with one attached hydrogen (secondary N) is 1. The summed E-state index contributed by atoms with van der Waals surface area (Å²) in [6.07, 6.45) is -2.39. The van der Waals surface area contributed by atoms with Gasteiger partial charge in [0.15, 0.2) is 5.17 Å². The molecular formula is C10H18F2N2OS. The van der Waals surface area contributed by atoms with Gasteiger partial charge in [0.1, 0.15) is 6.61 Å². The van der Waals surface area contributed by atoms with Crippen LogP contribution in [-0.4, -0.2) is 43.1 Å². The van der Waals surface area contributed by atoms with E-state index in [2.05, 4.69) is 24.2 Å². The van der Waals surface area contributed by atoms with Gasteiger partial charge in [-0.15, -0.1) is 0 Å². The fourth-order valence-electron chi connectivity index (χ4n) is 1.21. The molecule has 94 valence electrons. The zero-order chi connectivity index (χ0) is 12.0. The number of ether oxygens (including phenoxy) is 1. The minimum absolute atomic E-state index is 0.250. The number of amidine groups is 1. The second kappa shape index (κ2) is 7.06. The third kappa shape index (κ3) is 5.12. The van der Waals surface area contributed by atoms with Crippen molar-refractivity contribution in [2.24, 2.45) is 10.9 Å². The van der Waals surface area contributed by atoms with Gasteiger partial charge in [-0.3, -0.25) is 4.99 Å². The fourth-order valence-corrected chi connectivity index (χ4v) is 2.37. The Balaban J connectivity index is 2.15. The van der Waals surface area contributed by atoms with E-state index in [0.29, 0.717) is 18.5 Å². The lowest BCUT2D eigenvalue weighted by Crippen LogP contribution is -2.41. The Hall–Kier alpha value is -0.360. The Kier molecular flexibility index (Phi) is 6.05. The molecule has 2 atom stereocenters. The molecule has 6 heteroatoms. The number of hydrogen-bond acceptors (Lipinski definition) is 3. The number of thioether (sulfide) groups is 1. The number of nitrogens with zero attached hydrogens (tertiary/aromatic N) is 1. The van der Waals surface area contributed by atoms with Crippen molar-refractivity contribution in [2.45, 2.75) is 26.3 Å². The van der Waals surface area contributed by atoms with Crippen molar-refractivity contribution < 1.29 is 13.5 Å². The van der Waals surface area contributed by atoms with Crippen molar-refractivity contribution in [3.05, 3.63) is 0 Å². The first kappa shape index (κ1) is 13.7. The van der Waals surface area contributed by atoms with E-state index in [4.69, 9.17) is 4.74 Å². The third-order valence-electron chi connectivity index (χ3n) is 2.42. The zero-order valence-corrected chi connectivity index (χ0v) is 10.4. The molecule has 0 spiro atoms. The predicted octanol–water partition coefficient (Wildman–Crippen LogP) is 1.99. The summed E-state index contributed by atoms with van der Waals surface area (Å²) in [7, 11) is 0. The standard InChI is InChI=1S/C10H18F2N2OS/c1-7-6-16-10(14-8(7)2)13-3-4-15-5-9(11)12/h7-9H,3-6H2,1-2H3,(H,13,14). The lowest BCUT2D eigenvalue weighted by molar-refractivity contribution is 0.0207. The number of rotatable bonds is 5. The fraction of sp³-hybridized carbons (Fsp3) is 0.900. The second-order valence-electron chi connectivity index (χ2n) is 3.87. The molecule has 0 aromatic rings. The molecule has 1 aliphatic heterocycles. The molecular weight excluding hydrogens is 234 g/mol. The third-order valence-corrected chi connectivity index (χ3v) is 3.64. The summed E-state index contributed by atoms with van der Waals surface area (Å²) in [5.74, 6) is 1.67. The summed E-state index contributed by atoms with van der Waals surface area (Å²) in [5, 5.41) is 4.17. The number of hydrogen-bond donors (Lipinski definition) is 1. The summed E-state index contributed by atoms with van der Waals surface area (Å²) < 4.78 is 28.2. The van der Waals surface area contributed by atoms with Crippen LogP contribution < -0.4 is 5.32 Å². The van der Waals surface area contributed by atoms with Crippen LogP contribution in [-0.2, 0) is 4.74 Å². The Bertz CT molecular complexity index is 239. The van der Waals surface area contributed by atoms with Crippen LogP contribution in [0, 0.1) is 5.92 Å². The minimum atomic E-state index is -2.39. The van der Waals surface area contributed by atoms with Gasteiger partial charge in [-0.05, 0) is 12.8 Å². The van der Waals surface area contributed by atoms with Crippen molar-refractivity contribution in [3.63, 3.8) is 0 Å². The Morgan fingerprint density at radius 2 is 2.31 bits per heavy atom. The maximum atomic E-state index is 11.7. The van der Waals surface area contributed by atoms with Gasteiger partial charge in [0, 0.05) is 11.8 Å². The van der Waals surface area contributed by atoms with Gasteiger partial charge in [0.25, 0.3) is 6.43 Å². The van der Waals surface area contributed by atoms with Crippen molar-refractivity contribution in [1.82, 2.24) is 5.32 Å². The van der Waals surface area contributed by atoms with E-state index in [0.717, 1.165) is 10.9 Å². The van der Waals surface area contributed by atoms with E-state index < -0.39 is 13.0 Å². The van der Waals surface area contributed by atoms with Gasteiger partial charge in [-0.1, -0.05) is 18.7 Å². The van der Waals surface area contributed by atoms with Gasteiger partial charge >= 0.3 is 0 Å². The van der Waals surface area contributed by atoms with Crippen LogP contribution in [0.2, 0.25) is 0 Å². The molecule has 2 unspecified atom stereocenters. The lowest BCUT2D eigenvalue weighted by Gasteiger charge is -2.28. The van der Waals surface area contributed by atoms with Crippen LogP contribution in [0.1, 0.15) is 13.8 Å². The zero-order valence-electron chi connectivity index (χ0n) is 9.58. The van der Waals surface area contributed by atoms with Crippen molar-refractivity contribution in [3.8, 4) is 0 Å². The molecule has 1 N–H and O–H groups in total. The molecule has 0 saturated carbocycles. The topological polar surface area (TPSA) is 33.6 Å². The number of aliphatic imine (C=N–C) groups is 1. The molecule has 0 aromatic carbocycles. The van der Waals surface area contributed by atoms with E-state index in [1.165, 1.54) is 0 Å². The number of alkyl halides is 2. The van der Waals surface area contributed by atoms with Gasteiger partial charge in [-0.2, -0.15) is 0 Å². The van der Waals surface area contributed by atoms with E-state index in [1.54, 1.807) is 11.8 Å². The Morgan fingerprint density at radius 1 is 1.56 bits per heavy atom. The van der Waals surface area contributed by atoms with Crippen molar-refractivity contribution >= 4 is 16.9 Å². The van der Waals surface area contributed by atoms with Crippen LogP contribution in [0.3, 0.4) is 0 Å². The van der Waals surface area contributed by atoms with Crippen molar-refractivity contribution in [2.75, 3.05) is 25.5 Å². The Morgan fingerprint density at radius 3 is 2.94 bits per heavy atom. The van der Waals surface area contributed by atoms with Crippen LogP contribution in [0.4, 0.5) is 8.78 Å². The molecule has 3 nitrogen and oxygen atoms in total. The maximum Gasteiger partial charge on any atom is 0.261 e. The molecule has 0 amide bonds. The monoisotopic (exact) mass is 252 g/mol. The maximum absolute atomic E-state index is 11.7. The van der Waals surface area contributed by atoms with Gasteiger partial charge in [0.05, 0.1) is 13.2 Å². The molecule has 1 fully saturated rings. The largest absolute Gasteiger partial charge is 0.374 e. The lowest BCUT2D eigenvalue weighted by atomic mass is 10.1. The average Bonchev–Trinajstić information content (AvgIpc) is 2.22. The summed E-state index contributed by atoms with van der Waals surface area (Å²) in [6, 6.07) is 0.419. The van der Waals surface area contributed by atoms with Gasteiger partial charge in [0.2, 0.25) is 0 Å². The Labute approximate surface area is 99.0 Å². The molecule has 1 aliphatic rings. The average molecular weight is 252 g/mol. The molecule has 0 aromatic heterocycles.